The fraction of sp³-hybridized carbons (Fsp3) is 1.00. The summed E-state index contributed by atoms with van der Waals surface area (Å²) in [5.41, 5.74) is 0. The summed E-state index contributed by atoms with van der Waals surface area (Å²) in [7, 11) is 0. The third kappa shape index (κ3) is 45.5. The molecule has 0 bridgehead atoms. The van der Waals surface area contributed by atoms with Gasteiger partial charge < -0.3 is 30.7 Å². The largest absolute Gasteiger partial charge is 0.379 e. The van der Waals surface area contributed by atoms with E-state index in [0.717, 1.165) is 65.6 Å². The van der Waals surface area contributed by atoms with E-state index in [2.05, 4.69) is 42.0 Å². The fourth-order valence-corrected chi connectivity index (χ4v) is 4.59. The van der Waals surface area contributed by atoms with E-state index in [1.165, 1.54) is 103 Å². The Balaban J connectivity index is -0.00000108. The predicted octanol–water partition coefficient (Wildman–Crippen LogP) is 7.74. The molecule has 256 valence electrons. The van der Waals surface area contributed by atoms with E-state index in [0.29, 0.717) is 6.61 Å². The number of unbranched alkanes of at least 4 members (excludes halogenated alkanes) is 15. The van der Waals surface area contributed by atoms with Crippen molar-refractivity contribution in [1.82, 2.24) is 21.3 Å². The van der Waals surface area contributed by atoms with E-state index in [1.54, 1.807) is 0 Å². The van der Waals surface area contributed by atoms with E-state index in [1.807, 2.05) is 0 Å². The Hall–Kier alpha value is 0.920. The van der Waals surface area contributed by atoms with Crippen molar-refractivity contribution in [3.8, 4) is 0 Å². The smallest absolute Gasteiger partial charge is 0.0932 e. The molecule has 0 heterocycles. The fourth-order valence-electron chi connectivity index (χ4n) is 4.59. The van der Waals surface area contributed by atoms with Gasteiger partial charge in [0.05, 0.1) is 12.7 Å². The molecule has 6 nitrogen and oxygen atoms in total. The van der Waals surface area contributed by atoms with Crippen LogP contribution in [0.1, 0.15) is 124 Å². The number of hydrogen-bond acceptors (Lipinski definition) is 6. The summed E-state index contributed by atoms with van der Waals surface area (Å²) >= 11 is 0. The molecule has 0 saturated carbocycles. The third-order valence-electron chi connectivity index (χ3n) is 6.91. The van der Waals surface area contributed by atoms with Crippen LogP contribution in [0.2, 0.25) is 0 Å². The van der Waals surface area contributed by atoms with Crippen molar-refractivity contribution in [3.63, 3.8) is 0 Å². The van der Waals surface area contributed by atoms with Crippen molar-refractivity contribution in [1.29, 1.82) is 0 Å². The quantitative estimate of drug-likeness (QED) is 0.0535. The molecule has 1 atom stereocenters. The third-order valence-corrected chi connectivity index (χ3v) is 6.91. The number of likely N-dealkylation sites (N-methyl/N-ethyl adjacent to an activating group) is 1. The van der Waals surface area contributed by atoms with E-state index in [-0.39, 0.29) is 55.7 Å². The number of ether oxygens (including phenoxy) is 2. The summed E-state index contributed by atoms with van der Waals surface area (Å²) in [4.78, 5) is 0. The average molecular weight is 675 g/mol. The Kier molecular flexibility index (Phi) is 60.1. The number of rotatable bonds is 33. The average Bonchev–Trinajstić information content (AvgIpc) is 2.91. The molecule has 0 rings (SSSR count). The first-order chi connectivity index (χ1) is 18.3. The molecule has 0 aromatic heterocycles. The van der Waals surface area contributed by atoms with Crippen LogP contribution in [-0.2, 0) is 9.47 Å². The molecule has 0 aromatic carbocycles. The maximum Gasteiger partial charge on any atom is 0.0932 e. The monoisotopic (exact) mass is 672 g/mol. The predicted molar refractivity (Wildman–Crippen MR) is 192 cm³/mol. The standard InChI is InChI=1S/C31H68N4O2.4ClH/c1-4-7-8-9-10-11-12-13-14-15-16-17-18-19-20-21-28-36-30-31(37-6-3)29-35-27-26-34-25-24-33-23-22-32-5-2;;;;/h31-35H,4-30H2,1-3H3;4*1H. The normalized spacial score (nSPS) is 11.2. The van der Waals surface area contributed by atoms with Crippen LogP contribution in [0.3, 0.4) is 0 Å². The Morgan fingerprint density at radius 1 is 0.463 bits per heavy atom. The SMILES string of the molecule is CCCCCCCCCCCCCCCCCCOCC(CNCCNCCNCCNCC)OCC.Cl.Cl.Cl.Cl. The summed E-state index contributed by atoms with van der Waals surface area (Å²) in [6.07, 6.45) is 22.6. The molecule has 0 radical (unpaired) electrons. The maximum atomic E-state index is 5.92. The highest BCUT2D eigenvalue weighted by atomic mass is 35.5. The van der Waals surface area contributed by atoms with Gasteiger partial charge in [-0.2, -0.15) is 0 Å². The van der Waals surface area contributed by atoms with Gasteiger partial charge in [-0.15, -0.1) is 49.6 Å². The molecule has 0 aromatic rings. The van der Waals surface area contributed by atoms with Gasteiger partial charge in [0, 0.05) is 59.0 Å². The maximum absolute atomic E-state index is 5.92. The number of nitrogens with one attached hydrogen (secondary N) is 4. The Labute approximate surface area is 281 Å². The summed E-state index contributed by atoms with van der Waals surface area (Å²) in [5.74, 6) is 0. The van der Waals surface area contributed by atoms with Crippen LogP contribution in [0, 0.1) is 0 Å². The molecule has 4 N–H and O–H groups in total. The minimum absolute atomic E-state index is 0. The highest BCUT2D eigenvalue weighted by Gasteiger charge is 2.08. The lowest BCUT2D eigenvalue weighted by Gasteiger charge is -2.18. The minimum Gasteiger partial charge on any atom is -0.379 e. The highest BCUT2D eigenvalue weighted by molar-refractivity contribution is 5.86. The number of hydrogen-bond donors (Lipinski definition) is 4. The summed E-state index contributed by atoms with van der Waals surface area (Å²) in [6, 6.07) is 0. The first-order valence-corrected chi connectivity index (χ1v) is 16.4. The lowest BCUT2D eigenvalue weighted by molar-refractivity contribution is -0.0113. The van der Waals surface area contributed by atoms with Crippen LogP contribution in [0.4, 0.5) is 0 Å². The topological polar surface area (TPSA) is 66.6 Å². The lowest BCUT2D eigenvalue weighted by Crippen LogP contribution is -2.38. The van der Waals surface area contributed by atoms with E-state index in [9.17, 15) is 0 Å². The van der Waals surface area contributed by atoms with Gasteiger partial charge in [0.25, 0.3) is 0 Å². The molecular weight excluding hydrogens is 602 g/mol. The van der Waals surface area contributed by atoms with Crippen molar-refractivity contribution < 1.29 is 9.47 Å². The van der Waals surface area contributed by atoms with Crippen LogP contribution < -0.4 is 21.3 Å². The zero-order valence-corrected chi connectivity index (χ0v) is 30.4. The highest BCUT2D eigenvalue weighted by Crippen LogP contribution is 2.13. The summed E-state index contributed by atoms with van der Waals surface area (Å²) in [6.45, 7) is 16.7. The lowest BCUT2D eigenvalue weighted by atomic mass is 10.0. The van der Waals surface area contributed by atoms with Crippen molar-refractivity contribution in [2.75, 3.05) is 72.2 Å². The zero-order valence-electron chi connectivity index (χ0n) is 27.1. The second kappa shape index (κ2) is 47.8. The summed E-state index contributed by atoms with van der Waals surface area (Å²) in [5, 5.41) is 13.7. The van der Waals surface area contributed by atoms with E-state index < -0.39 is 0 Å². The molecule has 0 aliphatic carbocycles. The van der Waals surface area contributed by atoms with E-state index in [4.69, 9.17) is 9.47 Å². The van der Waals surface area contributed by atoms with Crippen LogP contribution >= 0.6 is 49.6 Å². The first kappa shape index (κ1) is 51.5. The van der Waals surface area contributed by atoms with Crippen LogP contribution in [0.5, 0.6) is 0 Å². The van der Waals surface area contributed by atoms with Gasteiger partial charge in [-0.25, -0.2) is 0 Å². The first-order valence-electron chi connectivity index (χ1n) is 16.4. The Bertz CT molecular complexity index is 420. The minimum atomic E-state index is 0. The zero-order chi connectivity index (χ0) is 26.9. The molecule has 0 aliphatic heterocycles. The van der Waals surface area contributed by atoms with Gasteiger partial charge in [0.15, 0.2) is 0 Å². The van der Waals surface area contributed by atoms with Gasteiger partial charge in [-0.3, -0.25) is 0 Å². The van der Waals surface area contributed by atoms with Gasteiger partial charge in [-0.05, 0) is 19.9 Å². The van der Waals surface area contributed by atoms with Gasteiger partial charge in [-0.1, -0.05) is 110 Å². The van der Waals surface area contributed by atoms with Crippen LogP contribution in [-0.4, -0.2) is 78.3 Å². The molecule has 0 amide bonds. The Morgan fingerprint density at radius 2 is 0.854 bits per heavy atom. The molecule has 0 spiro atoms. The van der Waals surface area contributed by atoms with Crippen molar-refractivity contribution >= 4 is 49.6 Å². The van der Waals surface area contributed by atoms with Crippen LogP contribution in [0.25, 0.3) is 0 Å². The van der Waals surface area contributed by atoms with Gasteiger partial charge >= 0.3 is 0 Å². The molecular formula is C31H72Cl4N4O2. The summed E-state index contributed by atoms with van der Waals surface area (Å²) < 4.78 is 11.8. The van der Waals surface area contributed by atoms with Gasteiger partial charge in [0.2, 0.25) is 0 Å². The number of halogens is 4. The molecule has 1 unspecified atom stereocenters. The van der Waals surface area contributed by atoms with E-state index >= 15 is 0 Å². The second-order valence-electron chi connectivity index (χ2n) is 10.5. The molecule has 0 aliphatic rings. The molecule has 0 fully saturated rings. The van der Waals surface area contributed by atoms with Gasteiger partial charge in [0.1, 0.15) is 0 Å². The second-order valence-corrected chi connectivity index (χ2v) is 10.5. The molecule has 0 saturated heterocycles. The van der Waals surface area contributed by atoms with Crippen molar-refractivity contribution in [2.24, 2.45) is 0 Å². The van der Waals surface area contributed by atoms with Crippen molar-refractivity contribution in [3.05, 3.63) is 0 Å². The Morgan fingerprint density at radius 3 is 1.27 bits per heavy atom. The van der Waals surface area contributed by atoms with Crippen molar-refractivity contribution in [2.45, 2.75) is 130 Å². The molecule has 41 heavy (non-hydrogen) atoms. The molecule has 10 heteroatoms. The van der Waals surface area contributed by atoms with Crippen LogP contribution in [0.15, 0.2) is 0 Å².